The average Bonchev–Trinajstić information content (AvgIpc) is 2.83. The zero-order valence-corrected chi connectivity index (χ0v) is 13.7. The first-order chi connectivity index (χ1) is 9.10. The first kappa shape index (κ1) is 14.9. The highest BCUT2D eigenvalue weighted by molar-refractivity contribution is 9.10. The monoisotopic (exact) mass is 325 g/mol. The normalized spacial score (nSPS) is 19.4. The van der Waals surface area contributed by atoms with Crippen molar-refractivity contribution in [3.63, 3.8) is 0 Å². The highest BCUT2D eigenvalue weighted by atomic mass is 79.9. The van der Waals surface area contributed by atoms with E-state index < -0.39 is 0 Å². The third kappa shape index (κ3) is 3.14. The second-order valence-corrected chi connectivity index (χ2v) is 6.60. The molecule has 2 nitrogen and oxygen atoms in total. The molecular formula is C16H24BrNO. The van der Waals surface area contributed by atoms with Crippen LogP contribution in [0, 0.1) is 5.41 Å². The molecule has 106 valence electrons. The smallest absolute Gasteiger partial charge is 0.133 e. The standard InChI is InChI=1S/C16H24BrNO/c1-4-18-15(16(2)9-5-6-10-16)12-7-8-14(19-3)13(17)11-12/h7-8,11,15,18H,4-6,9-10H2,1-3H3. The van der Waals surface area contributed by atoms with Crippen LogP contribution in [0.15, 0.2) is 22.7 Å². The van der Waals surface area contributed by atoms with E-state index in [9.17, 15) is 0 Å². The number of hydrogen-bond donors (Lipinski definition) is 1. The number of hydrogen-bond acceptors (Lipinski definition) is 2. The van der Waals surface area contributed by atoms with Crippen molar-refractivity contribution in [3.8, 4) is 5.75 Å². The van der Waals surface area contributed by atoms with Gasteiger partial charge in [-0.1, -0.05) is 32.8 Å². The number of benzene rings is 1. The Morgan fingerprint density at radius 3 is 2.58 bits per heavy atom. The van der Waals surface area contributed by atoms with Gasteiger partial charge in [0.1, 0.15) is 5.75 Å². The van der Waals surface area contributed by atoms with Gasteiger partial charge in [0.2, 0.25) is 0 Å². The Hall–Kier alpha value is -0.540. The van der Waals surface area contributed by atoms with Crippen LogP contribution in [0.1, 0.15) is 51.1 Å². The molecule has 0 aromatic heterocycles. The molecule has 0 spiro atoms. The van der Waals surface area contributed by atoms with Gasteiger partial charge in [0.05, 0.1) is 11.6 Å². The van der Waals surface area contributed by atoms with E-state index in [4.69, 9.17) is 4.74 Å². The van der Waals surface area contributed by atoms with Gasteiger partial charge >= 0.3 is 0 Å². The Labute approximate surface area is 125 Å². The quantitative estimate of drug-likeness (QED) is 0.848. The summed E-state index contributed by atoms with van der Waals surface area (Å²) in [6, 6.07) is 6.89. The molecule has 0 saturated heterocycles. The average molecular weight is 326 g/mol. The molecule has 1 aliphatic carbocycles. The van der Waals surface area contributed by atoms with E-state index in [0.29, 0.717) is 11.5 Å². The van der Waals surface area contributed by atoms with Gasteiger partial charge in [-0.2, -0.15) is 0 Å². The zero-order valence-electron chi connectivity index (χ0n) is 12.1. The van der Waals surface area contributed by atoms with E-state index in [1.165, 1.54) is 31.2 Å². The molecule has 1 atom stereocenters. The summed E-state index contributed by atoms with van der Waals surface area (Å²) in [4.78, 5) is 0. The predicted octanol–water partition coefficient (Wildman–Crippen LogP) is 4.69. The van der Waals surface area contributed by atoms with Gasteiger partial charge in [-0.3, -0.25) is 0 Å². The number of halogens is 1. The Morgan fingerprint density at radius 1 is 1.37 bits per heavy atom. The van der Waals surface area contributed by atoms with Crippen molar-refractivity contribution in [2.75, 3.05) is 13.7 Å². The summed E-state index contributed by atoms with van der Waals surface area (Å²) in [5.74, 6) is 0.899. The van der Waals surface area contributed by atoms with Gasteiger partial charge in [0.15, 0.2) is 0 Å². The maximum Gasteiger partial charge on any atom is 0.133 e. The molecular weight excluding hydrogens is 302 g/mol. The Bertz CT molecular complexity index is 427. The lowest BCUT2D eigenvalue weighted by atomic mass is 9.77. The molecule has 1 fully saturated rings. The molecule has 0 radical (unpaired) electrons. The summed E-state index contributed by atoms with van der Waals surface area (Å²) < 4.78 is 6.36. The Balaban J connectivity index is 2.30. The lowest BCUT2D eigenvalue weighted by molar-refractivity contribution is 0.226. The molecule has 1 N–H and O–H groups in total. The summed E-state index contributed by atoms with van der Waals surface area (Å²) in [6.07, 6.45) is 5.34. The maximum atomic E-state index is 5.32. The van der Waals surface area contributed by atoms with Gasteiger partial charge in [-0.15, -0.1) is 0 Å². The van der Waals surface area contributed by atoms with Gasteiger partial charge in [-0.25, -0.2) is 0 Å². The van der Waals surface area contributed by atoms with E-state index in [-0.39, 0.29) is 0 Å². The van der Waals surface area contributed by atoms with Gasteiger partial charge in [0.25, 0.3) is 0 Å². The summed E-state index contributed by atoms with van der Waals surface area (Å²) in [6.45, 7) is 5.61. The molecule has 0 heterocycles. The van der Waals surface area contributed by atoms with E-state index in [1.807, 2.05) is 0 Å². The molecule has 1 unspecified atom stereocenters. The first-order valence-electron chi connectivity index (χ1n) is 7.17. The van der Waals surface area contributed by atoms with Crippen LogP contribution in [0.5, 0.6) is 5.75 Å². The van der Waals surface area contributed by atoms with Crippen molar-refractivity contribution in [2.45, 2.75) is 45.6 Å². The summed E-state index contributed by atoms with van der Waals surface area (Å²) in [5, 5.41) is 3.68. The summed E-state index contributed by atoms with van der Waals surface area (Å²) >= 11 is 3.60. The molecule has 0 aliphatic heterocycles. The minimum Gasteiger partial charge on any atom is -0.496 e. The molecule has 0 amide bonds. The van der Waals surface area contributed by atoms with Gasteiger partial charge < -0.3 is 10.1 Å². The summed E-state index contributed by atoms with van der Waals surface area (Å²) in [7, 11) is 1.71. The highest BCUT2D eigenvalue weighted by Crippen LogP contribution is 2.47. The second kappa shape index (κ2) is 6.27. The number of methoxy groups -OCH3 is 1. The molecule has 1 aliphatic rings. The van der Waals surface area contributed by atoms with Crippen LogP contribution in [-0.4, -0.2) is 13.7 Å². The third-order valence-corrected chi connectivity index (χ3v) is 4.98. The van der Waals surface area contributed by atoms with Crippen molar-refractivity contribution < 1.29 is 4.74 Å². The fourth-order valence-electron chi connectivity index (χ4n) is 3.30. The maximum absolute atomic E-state index is 5.32. The number of ether oxygens (including phenoxy) is 1. The molecule has 1 aromatic carbocycles. The number of nitrogens with one attached hydrogen (secondary N) is 1. The van der Waals surface area contributed by atoms with Crippen molar-refractivity contribution in [2.24, 2.45) is 5.41 Å². The minimum absolute atomic E-state index is 0.379. The zero-order chi connectivity index (χ0) is 13.9. The van der Waals surface area contributed by atoms with Crippen LogP contribution >= 0.6 is 15.9 Å². The third-order valence-electron chi connectivity index (χ3n) is 4.36. The minimum atomic E-state index is 0.379. The molecule has 2 rings (SSSR count). The van der Waals surface area contributed by atoms with E-state index >= 15 is 0 Å². The largest absolute Gasteiger partial charge is 0.496 e. The van der Waals surface area contributed by atoms with Crippen molar-refractivity contribution >= 4 is 15.9 Å². The fraction of sp³-hybridized carbons (Fsp3) is 0.625. The van der Waals surface area contributed by atoms with E-state index in [2.05, 4.69) is 53.3 Å². The Kier molecular flexibility index (Phi) is 4.91. The van der Waals surface area contributed by atoms with Crippen molar-refractivity contribution in [3.05, 3.63) is 28.2 Å². The van der Waals surface area contributed by atoms with E-state index in [1.54, 1.807) is 7.11 Å². The SMILES string of the molecule is CCNC(c1ccc(OC)c(Br)c1)C1(C)CCCC1. The second-order valence-electron chi connectivity index (χ2n) is 5.75. The van der Waals surface area contributed by atoms with Crippen LogP contribution in [0.4, 0.5) is 0 Å². The summed E-state index contributed by atoms with van der Waals surface area (Å²) in [5.41, 5.74) is 1.74. The van der Waals surface area contributed by atoms with E-state index in [0.717, 1.165) is 16.8 Å². The van der Waals surface area contributed by atoms with Crippen LogP contribution in [0.2, 0.25) is 0 Å². The van der Waals surface area contributed by atoms with Gasteiger partial charge in [-0.05, 0) is 58.4 Å². The van der Waals surface area contributed by atoms with Crippen LogP contribution in [-0.2, 0) is 0 Å². The fourth-order valence-corrected chi connectivity index (χ4v) is 3.86. The number of rotatable bonds is 5. The molecule has 19 heavy (non-hydrogen) atoms. The highest BCUT2D eigenvalue weighted by Gasteiger charge is 2.37. The molecule has 3 heteroatoms. The first-order valence-corrected chi connectivity index (χ1v) is 7.97. The predicted molar refractivity (Wildman–Crippen MR) is 83.7 cm³/mol. The van der Waals surface area contributed by atoms with Crippen LogP contribution < -0.4 is 10.1 Å². The van der Waals surface area contributed by atoms with Crippen LogP contribution in [0.25, 0.3) is 0 Å². The van der Waals surface area contributed by atoms with Crippen molar-refractivity contribution in [1.29, 1.82) is 0 Å². The van der Waals surface area contributed by atoms with Crippen molar-refractivity contribution in [1.82, 2.24) is 5.32 Å². The van der Waals surface area contributed by atoms with Gasteiger partial charge in [0, 0.05) is 6.04 Å². The molecule has 0 bridgehead atoms. The lowest BCUT2D eigenvalue weighted by Gasteiger charge is -2.35. The topological polar surface area (TPSA) is 21.3 Å². The Morgan fingerprint density at radius 2 is 2.05 bits per heavy atom. The molecule has 1 aromatic rings. The molecule has 1 saturated carbocycles. The lowest BCUT2D eigenvalue weighted by Crippen LogP contribution is -2.34. The van der Waals surface area contributed by atoms with Crippen LogP contribution in [0.3, 0.4) is 0 Å².